The average molecular weight is 236 g/mol. The summed E-state index contributed by atoms with van der Waals surface area (Å²) in [6.45, 7) is 4.08. The van der Waals surface area contributed by atoms with E-state index in [9.17, 15) is 4.79 Å². The van der Waals surface area contributed by atoms with Crippen molar-refractivity contribution in [3.63, 3.8) is 0 Å². The van der Waals surface area contributed by atoms with E-state index < -0.39 is 0 Å². The largest absolute Gasteiger partial charge is 0.454 e. The summed E-state index contributed by atoms with van der Waals surface area (Å²) in [6.07, 6.45) is 0. The van der Waals surface area contributed by atoms with Crippen LogP contribution in [0.3, 0.4) is 0 Å². The molecule has 0 aliphatic carbocycles. The van der Waals surface area contributed by atoms with Crippen LogP contribution in [0.5, 0.6) is 11.5 Å². The number of hydrogen-bond acceptors (Lipinski definition) is 3. The predicted octanol–water partition coefficient (Wildman–Crippen LogP) is 1.97. The molecular formula is C12H16N2O3. The predicted molar refractivity (Wildman–Crippen MR) is 64.6 cm³/mol. The van der Waals surface area contributed by atoms with Crippen molar-refractivity contribution >= 4 is 11.7 Å². The fourth-order valence-electron chi connectivity index (χ4n) is 1.55. The molecule has 5 heteroatoms. The average Bonchev–Trinajstić information content (AvgIpc) is 2.73. The van der Waals surface area contributed by atoms with E-state index >= 15 is 0 Å². The number of ether oxygens (including phenoxy) is 2. The lowest BCUT2D eigenvalue weighted by Crippen LogP contribution is -2.40. The van der Waals surface area contributed by atoms with Crippen molar-refractivity contribution in [2.75, 3.05) is 18.7 Å². The maximum atomic E-state index is 11.8. The lowest BCUT2D eigenvalue weighted by molar-refractivity contribution is 0.174. The Hall–Kier alpha value is -1.91. The topological polar surface area (TPSA) is 50.8 Å². The minimum Gasteiger partial charge on any atom is -0.454 e. The van der Waals surface area contributed by atoms with Crippen molar-refractivity contribution in [3.05, 3.63) is 18.2 Å². The molecule has 1 N–H and O–H groups in total. The van der Waals surface area contributed by atoms with Gasteiger partial charge in [0.1, 0.15) is 0 Å². The van der Waals surface area contributed by atoms with Crippen LogP contribution in [-0.2, 0) is 0 Å². The third-order valence-corrected chi connectivity index (χ3v) is 2.46. The monoisotopic (exact) mass is 236 g/mol. The summed E-state index contributed by atoms with van der Waals surface area (Å²) < 4.78 is 10.5. The number of carbonyl (C=O) groups excluding carboxylic acids is 1. The Bertz CT molecular complexity index is 432. The van der Waals surface area contributed by atoms with Crippen LogP contribution in [0.15, 0.2) is 18.2 Å². The van der Waals surface area contributed by atoms with Gasteiger partial charge in [-0.1, -0.05) is 0 Å². The van der Waals surface area contributed by atoms with Crippen molar-refractivity contribution < 1.29 is 14.3 Å². The van der Waals surface area contributed by atoms with Gasteiger partial charge in [0.15, 0.2) is 11.5 Å². The SMILES string of the molecule is CC(C)NC(=O)N(C)c1ccc2c(c1)OCO2. The molecule has 0 radical (unpaired) electrons. The minimum absolute atomic E-state index is 0.110. The summed E-state index contributed by atoms with van der Waals surface area (Å²) in [5.74, 6) is 1.39. The first kappa shape index (κ1) is 11.6. The number of rotatable bonds is 2. The third-order valence-electron chi connectivity index (χ3n) is 2.46. The van der Waals surface area contributed by atoms with Crippen LogP contribution in [0.25, 0.3) is 0 Å². The molecule has 0 spiro atoms. The molecule has 1 aromatic rings. The van der Waals surface area contributed by atoms with Gasteiger partial charge >= 0.3 is 6.03 Å². The fourth-order valence-corrected chi connectivity index (χ4v) is 1.55. The number of hydrogen-bond donors (Lipinski definition) is 1. The quantitative estimate of drug-likeness (QED) is 0.854. The van der Waals surface area contributed by atoms with Gasteiger partial charge in [0.25, 0.3) is 0 Å². The van der Waals surface area contributed by atoms with Crippen LogP contribution in [0.2, 0.25) is 0 Å². The van der Waals surface area contributed by atoms with Gasteiger partial charge in [0.2, 0.25) is 6.79 Å². The molecule has 0 bridgehead atoms. The van der Waals surface area contributed by atoms with E-state index in [1.54, 1.807) is 24.1 Å². The highest BCUT2D eigenvalue weighted by Crippen LogP contribution is 2.35. The maximum absolute atomic E-state index is 11.8. The summed E-state index contributed by atoms with van der Waals surface area (Å²) in [5, 5.41) is 2.82. The number of nitrogens with one attached hydrogen (secondary N) is 1. The highest BCUT2D eigenvalue weighted by atomic mass is 16.7. The van der Waals surface area contributed by atoms with Gasteiger partial charge in [-0.05, 0) is 26.0 Å². The Kier molecular flexibility index (Phi) is 3.08. The van der Waals surface area contributed by atoms with E-state index in [-0.39, 0.29) is 18.9 Å². The number of urea groups is 1. The summed E-state index contributed by atoms with van der Waals surface area (Å²) in [5.41, 5.74) is 0.771. The standard InChI is InChI=1S/C12H16N2O3/c1-8(2)13-12(15)14(3)9-4-5-10-11(6-9)17-7-16-10/h4-6,8H,7H2,1-3H3,(H,13,15). The van der Waals surface area contributed by atoms with E-state index in [0.717, 1.165) is 5.69 Å². The van der Waals surface area contributed by atoms with E-state index in [2.05, 4.69) is 5.32 Å². The first-order valence-corrected chi connectivity index (χ1v) is 5.52. The Labute approximate surface area is 100 Å². The molecule has 5 nitrogen and oxygen atoms in total. The van der Waals surface area contributed by atoms with Gasteiger partial charge in [0.05, 0.1) is 0 Å². The molecule has 1 aliphatic rings. The van der Waals surface area contributed by atoms with Crippen molar-refractivity contribution in [1.82, 2.24) is 5.32 Å². The van der Waals surface area contributed by atoms with E-state index in [0.29, 0.717) is 11.5 Å². The Morgan fingerprint density at radius 3 is 2.76 bits per heavy atom. The molecule has 1 aromatic carbocycles. The van der Waals surface area contributed by atoms with Crippen LogP contribution in [0, 0.1) is 0 Å². The first-order chi connectivity index (χ1) is 8.08. The number of amides is 2. The van der Waals surface area contributed by atoms with E-state index in [1.807, 2.05) is 19.9 Å². The smallest absolute Gasteiger partial charge is 0.321 e. The summed E-state index contributed by atoms with van der Waals surface area (Å²) in [6, 6.07) is 5.39. The molecule has 0 atom stereocenters. The van der Waals surface area contributed by atoms with Crippen LogP contribution in [0.1, 0.15) is 13.8 Å². The molecule has 1 heterocycles. The van der Waals surface area contributed by atoms with Crippen molar-refractivity contribution in [2.24, 2.45) is 0 Å². The zero-order valence-electron chi connectivity index (χ0n) is 10.2. The maximum Gasteiger partial charge on any atom is 0.321 e. The summed E-state index contributed by atoms with van der Waals surface area (Å²) in [7, 11) is 1.72. The molecule has 1 aliphatic heterocycles. The van der Waals surface area contributed by atoms with Crippen molar-refractivity contribution in [1.29, 1.82) is 0 Å². The number of fused-ring (bicyclic) bond motifs is 1. The number of benzene rings is 1. The summed E-state index contributed by atoms with van der Waals surface area (Å²) in [4.78, 5) is 13.3. The van der Waals surface area contributed by atoms with Crippen molar-refractivity contribution in [3.8, 4) is 11.5 Å². The zero-order chi connectivity index (χ0) is 12.4. The van der Waals surface area contributed by atoms with Gasteiger partial charge < -0.3 is 14.8 Å². The zero-order valence-corrected chi connectivity index (χ0v) is 10.2. The van der Waals surface area contributed by atoms with Crippen LogP contribution in [-0.4, -0.2) is 25.9 Å². The third kappa shape index (κ3) is 2.43. The molecule has 2 rings (SSSR count). The molecule has 0 fully saturated rings. The highest BCUT2D eigenvalue weighted by molar-refractivity contribution is 5.91. The lowest BCUT2D eigenvalue weighted by atomic mass is 10.2. The number of nitrogens with zero attached hydrogens (tertiary/aromatic N) is 1. The summed E-state index contributed by atoms with van der Waals surface area (Å²) >= 11 is 0. The number of carbonyl (C=O) groups is 1. The fraction of sp³-hybridized carbons (Fsp3) is 0.417. The van der Waals surface area contributed by atoms with E-state index in [1.165, 1.54) is 0 Å². The first-order valence-electron chi connectivity index (χ1n) is 5.52. The molecule has 2 amide bonds. The molecule has 0 aromatic heterocycles. The lowest BCUT2D eigenvalue weighted by Gasteiger charge is -2.19. The minimum atomic E-state index is -0.140. The van der Waals surface area contributed by atoms with Crippen LogP contribution < -0.4 is 19.7 Å². The molecule has 17 heavy (non-hydrogen) atoms. The van der Waals surface area contributed by atoms with Crippen LogP contribution >= 0.6 is 0 Å². The molecular weight excluding hydrogens is 220 g/mol. The van der Waals surface area contributed by atoms with Gasteiger partial charge in [0, 0.05) is 24.8 Å². The Balaban J connectivity index is 2.14. The van der Waals surface area contributed by atoms with E-state index in [4.69, 9.17) is 9.47 Å². The highest BCUT2D eigenvalue weighted by Gasteiger charge is 2.17. The van der Waals surface area contributed by atoms with Crippen LogP contribution in [0.4, 0.5) is 10.5 Å². The molecule has 0 saturated carbocycles. The van der Waals surface area contributed by atoms with Gasteiger partial charge in [-0.2, -0.15) is 0 Å². The second-order valence-electron chi connectivity index (χ2n) is 4.20. The Morgan fingerprint density at radius 2 is 2.06 bits per heavy atom. The Morgan fingerprint density at radius 1 is 1.35 bits per heavy atom. The van der Waals surface area contributed by atoms with Crippen molar-refractivity contribution in [2.45, 2.75) is 19.9 Å². The second kappa shape index (κ2) is 4.53. The van der Waals surface area contributed by atoms with Gasteiger partial charge in [-0.15, -0.1) is 0 Å². The molecule has 0 unspecified atom stereocenters. The number of anilines is 1. The molecule has 92 valence electrons. The van der Waals surface area contributed by atoms with Gasteiger partial charge in [-0.3, -0.25) is 4.90 Å². The molecule has 0 saturated heterocycles. The normalized spacial score (nSPS) is 12.7. The second-order valence-corrected chi connectivity index (χ2v) is 4.20. The van der Waals surface area contributed by atoms with Gasteiger partial charge in [-0.25, -0.2) is 4.79 Å².